The largest absolute Gasteiger partial charge is 0.386 e. The molecule has 2 unspecified atom stereocenters. The van der Waals surface area contributed by atoms with Crippen LogP contribution in [0.1, 0.15) is 29.7 Å². The zero-order valence-corrected chi connectivity index (χ0v) is 14.3. The molecule has 1 heterocycles. The minimum atomic E-state index is -1.47. The molecule has 7 heteroatoms. The zero-order valence-electron chi connectivity index (χ0n) is 14.3. The van der Waals surface area contributed by atoms with E-state index >= 15 is 0 Å². The number of amides is 3. The van der Waals surface area contributed by atoms with Crippen LogP contribution in [0.2, 0.25) is 0 Å². The highest BCUT2D eigenvalue weighted by Crippen LogP contribution is 2.30. The van der Waals surface area contributed by atoms with Crippen molar-refractivity contribution >= 4 is 11.9 Å². The normalized spacial score (nSPS) is 21.0. The van der Waals surface area contributed by atoms with Crippen molar-refractivity contribution < 1.29 is 23.5 Å². The summed E-state index contributed by atoms with van der Waals surface area (Å²) in [6.07, 6.45) is -1.47. The third-order valence-electron chi connectivity index (χ3n) is 4.58. The summed E-state index contributed by atoms with van der Waals surface area (Å²) in [5, 5.41) is 12.8. The monoisotopic (exact) mass is 360 g/mol. The van der Waals surface area contributed by atoms with Gasteiger partial charge in [0, 0.05) is 11.6 Å². The van der Waals surface area contributed by atoms with Crippen LogP contribution in [0.4, 0.5) is 13.6 Å². The van der Waals surface area contributed by atoms with Gasteiger partial charge in [0.15, 0.2) is 0 Å². The minimum Gasteiger partial charge on any atom is -0.386 e. The number of nitrogens with one attached hydrogen (secondary N) is 1. The number of urea groups is 1. The first kappa shape index (κ1) is 18.0. The van der Waals surface area contributed by atoms with Crippen molar-refractivity contribution in [2.75, 3.05) is 6.54 Å². The number of carbonyl (C=O) groups excluding carboxylic acids is 2. The van der Waals surface area contributed by atoms with Crippen LogP contribution in [0.25, 0.3) is 0 Å². The molecule has 0 saturated carbocycles. The smallest absolute Gasteiger partial charge is 0.325 e. The predicted molar refractivity (Wildman–Crippen MR) is 90.1 cm³/mol. The maximum absolute atomic E-state index is 13.8. The highest BCUT2D eigenvalue weighted by Gasteiger charge is 2.49. The Balaban J connectivity index is 1.84. The van der Waals surface area contributed by atoms with Gasteiger partial charge in [0.1, 0.15) is 17.2 Å². The third kappa shape index (κ3) is 3.06. The number of nitrogens with zero attached hydrogens (tertiary/aromatic N) is 1. The number of rotatable bonds is 4. The summed E-state index contributed by atoms with van der Waals surface area (Å²) in [6.45, 7) is 3.04. The Morgan fingerprint density at radius 3 is 2.42 bits per heavy atom. The van der Waals surface area contributed by atoms with Crippen molar-refractivity contribution in [3.63, 3.8) is 0 Å². The number of β-amino-alcohol motifs (C(OH)–C–C–N with tert-alkyl or cyclic N) is 1. The maximum Gasteiger partial charge on any atom is 0.325 e. The lowest BCUT2D eigenvalue weighted by molar-refractivity contribution is -0.132. The van der Waals surface area contributed by atoms with Crippen LogP contribution < -0.4 is 5.32 Å². The maximum atomic E-state index is 13.8. The van der Waals surface area contributed by atoms with Crippen LogP contribution in [0.15, 0.2) is 42.5 Å². The van der Waals surface area contributed by atoms with Crippen molar-refractivity contribution in [1.29, 1.82) is 0 Å². The van der Waals surface area contributed by atoms with Gasteiger partial charge in [0.2, 0.25) is 0 Å². The van der Waals surface area contributed by atoms with Crippen molar-refractivity contribution in [2.24, 2.45) is 0 Å². The van der Waals surface area contributed by atoms with Gasteiger partial charge in [-0.3, -0.25) is 9.69 Å². The highest BCUT2D eigenvalue weighted by atomic mass is 19.1. The quantitative estimate of drug-likeness (QED) is 0.824. The van der Waals surface area contributed by atoms with Crippen LogP contribution in [-0.4, -0.2) is 28.5 Å². The second-order valence-electron chi connectivity index (χ2n) is 6.52. The second kappa shape index (κ2) is 6.49. The Labute approximate surface area is 149 Å². The lowest BCUT2D eigenvalue weighted by Gasteiger charge is -2.23. The first-order valence-electron chi connectivity index (χ1n) is 8.06. The lowest BCUT2D eigenvalue weighted by Crippen LogP contribution is -2.41. The van der Waals surface area contributed by atoms with Gasteiger partial charge < -0.3 is 10.4 Å². The van der Waals surface area contributed by atoms with E-state index in [4.69, 9.17) is 0 Å². The molecule has 0 spiro atoms. The summed E-state index contributed by atoms with van der Waals surface area (Å²) < 4.78 is 26.8. The van der Waals surface area contributed by atoms with Crippen LogP contribution >= 0.6 is 0 Å². The van der Waals surface area contributed by atoms with E-state index in [0.29, 0.717) is 11.6 Å². The number of aliphatic hydroxyl groups excluding tert-OH is 1. The molecule has 136 valence electrons. The molecule has 1 saturated heterocycles. The van der Waals surface area contributed by atoms with E-state index in [1.807, 2.05) is 19.1 Å². The van der Waals surface area contributed by atoms with Crippen molar-refractivity contribution in [2.45, 2.75) is 25.5 Å². The van der Waals surface area contributed by atoms with Gasteiger partial charge in [0.05, 0.1) is 12.6 Å². The number of imide groups is 1. The van der Waals surface area contributed by atoms with E-state index in [9.17, 15) is 23.5 Å². The molecule has 2 aromatic rings. The molecular weight excluding hydrogens is 342 g/mol. The fraction of sp³-hybridized carbons (Fsp3) is 0.263. The highest BCUT2D eigenvalue weighted by molar-refractivity contribution is 6.07. The summed E-state index contributed by atoms with van der Waals surface area (Å²) in [4.78, 5) is 25.9. The Morgan fingerprint density at radius 2 is 1.81 bits per heavy atom. The number of aryl methyl sites for hydroxylation is 1. The molecule has 1 fully saturated rings. The summed E-state index contributed by atoms with van der Waals surface area (Å²) in [5.74, 6) is -2.26. The fourth-order valence-corrected chi connectivity index (χ4v) is 2.99. The van der Waals surface area contributed by atoms with E-state index in [1.165, 1.54) is 0 Å². The van der Waals surface area contributed by atoms with E-state index in [0.717, 1.165) is 22.6 Å². The van der Waals surface area contributed by atoms with Gasteiger partial charge in [-0.15, -0.1) is 0 Å². The average Bonchev–Trinajstić information content (AvgIpc) is 2.79. The fourth-order valence-electron chi connectivity index (χ4n) is 2.99. The Morgan fingerprint density at radius 1 is 1.15 bits per heavy atom. The van der Waals surface area contributed by atoms with Gasteiger partial charge >= 0.3 is 6.03 Å². The molecule has 0 radical (unpaired) electrons. The zero-order chi connectivity index (χ0) is 19.1. The SMILES string of the molecule is Cc1ccc(C2(C)NC(=O)N(CC(O)c3ccc(F)cc3F)C2=O)cc1. The molecule has 2 atom stereocenters. The van der Waals surface area contributed by atoms with E-state index in [2.05, 4.69) is 5.32 Å². The van der Waals surface area contributed by atoms with Gasteiger partial charge in [-0.2, -0.15) is 0 Å². The summed E-state index contributed by atoms with van der Waals surface area (Å²) in [6, 6.07) is 9.19. The molecular formula is C19H18F2N2O3. The summed E-state index contributed by atoms with van der Waals surface area (Å²) >= 11 is 0. The third-order valence-corrected chi connectivity index (χ3v) is 4.58. The van der Waals surface area contributed by atoms with Crippen LogP contribution in [-0.2, 0) is 10.3 Å². The summed E-state index contributed by atoms with van der Waals surface area (Å²) in [7, 11) is 0. The standard InChI is InChI=1S/C19H18F2N2O3/c1-11-3-5-12(6-4-11)19(2)17(25)23(18(26)22-19)10-16(24)14-8-7-13(20)9-15(14)21/h3-9,16,24H,10H2,1-2H3,(H,22,26). The first-order chi connectivity index (χ1) is 12.2. The summed E-state index contributed by atoms with van der Waals surface area (Å²) in [5.41, 5.74) is 0.154. The van der Waals surface area contributed by atoms with Gasteiger partial charge in [-0.1, -0.05) is 35.9 Å². The molecule has 1 aliphatic heterocycles. The average molecular weight is 360 g/mol. The topological polar surface area (TPSA) is 69.6 Å². The van der Waals surface area contributed by atoms with Crippen molar-refractivity contribution in [1.82, 2.24) is 10.2 Å². The molecule has 5 nitrogen and oxygen atoms in total. The van der Waals surface area contributed by atoms with E-state index < -0.39 is 41.8 Å². The van der Waals surface area contributed by atoms with E-state index in [-0.39, 0.29) is 5.56 Å². The van der Waals surface area contributed by atoms with Crippen molar-refractivity contribution in [3.05, 3.63) is 70.8 Å². The van der Waals surface area contributed by atoms with E-state index in [1.54, 1.807) is 19.1 Å². The Kier molecular flexibility index (Phi) is 4.50. The number of halogens is 2. The Hall–Kier alpha value is -2.80. The van der Waals surface area contributed by atoms with Gasteiger partial charge in [-0.05, 0) is 25.5 Å². The Bertz CT molecular complexity index is 870. The lowest BCUT2D eigenvalue weighted by atomic mass is 9.91. The van der Waals surface area contributed by atoms with Crippen molar-refractivity contribution in [3.8, 4) is 0 Å². The molecule has 2 aromatic carbocycles. The van der Waals surface area contributed by atoms with Gasteiger partial charge in [-0.25, -0.2) is 13.6 Å². The van der Waals surface area contributed by atoms with Crippen LogP contribution in [0.5, 0.6) is 0 Å². The number of hydrogen-bond acceptors (Lipinski definition) is 3. The molecule has 0 aromatic heterocycles. The minimum absolute atomic E-state index is 0.184. The molecule has 3 rings (SSSR count). The molecule has 2 N–H and O–H groups in total. The molecule has 3 amide bonds. The molecule has 1 aliphatic rings. The van der Waals surface area contributed by atoms with Gasteiger partial charge in [0.25, 0.3) is 5.91 Å². The molecule has 26 heavy (non-hydrogen) atoms. The predicted octanol–water partition coefficient (Wildman–Crippen LogP) is 2.77. The number of hydrogen-bond donors (Lipinski definition) is 2. The number of carbonyl (C=O) groups is 2. The molecule has 0 aliphatic carbocycles. The second-order valence-corrected chi connectivity index (χ2v) is 6.52. The number of aliphatic hydroxyl groups is 1. The molecule has 0 bridgehead atoms. The first-order valence-corrected chi connectivity index (χ1v) is 8.06. The number of benzene rings is 2. The van der Waals surface area contributed by atoms with Crippen LogP contribution in [0, 0.1) is 18.6 Å². The van der Waals surface area contributed by atoms with Crippen LogP contribution in [0.3, 0.4) is 0 Å².